The van der Waals surface area contributed by atoms with Crippen molar-refractivity contribution in [2.24, 2.45) is 5.92 Å². The number of fused-ring (bicyclic) bond motifs is 1. The van der Waals surface area contributed by atoms with Crippen LogP contribution in [0.25, 0.3) is 10.9 Å². The molecule has 186 valence electrons. The number of amides is 1. The van der Waals surface area contributed by atoms with E-state index in [9.17, 15) is 4.79 Å². The number of nitrogens with one attached hydrogen (secondary N) is 1. The van der Waals surface area contributed by atoms with Gasteiger partial charge in [0.15, 0.2) is 0 Å². The third kappa shape index (κ3) is 5.47. The molecule has 1 aromatic heterocycles. The molecule has 0 spiro atoms. The number of benzene rings is 3. The number of carbonyl (C=O) groups excluding carboxylic acids is 1. The van der Waals surface area contributed by atoms with Gasteiger partial charge in [0.25, 0.3) is 0 Å². The number of hydrogen-bond acceptors (Lipinski definition) is 3. The molecule has 0 atom stereocenters. The second-order valence-electron chi connectivity index (χ2n) is 9.85. The van der Waals surface area contributed by atoms with Crippen molar-refractivity contribution < 1.29 is 9.53 Å². The third-order valence-corrected chi connectivity index (χ3v) is 7.35. The molecule has 5 rings (SSSR count). The lowest BCUT2D eigenvalue weighted by Gasteiger charge is -2.31. The van der Waals surface area contributed by atoms with E-state index in [4.69, 9.17) is 4.74 Å². The zero-order chi connectivity index (χ0) is 24.9. The Labute approximate surface area is 213 Å². The molecule has 1 saturated heterocycles. The minimum Gasteiger partial charge on any atom is -0.496 e. The monoisotopic (exact) mass is 481 g/mol. The summed E-state index contributed by atoms with van der Waals surface area (Å²) in [5.41, 5.74) is 6.21. The van der Waals surface area contributed by atoms with Crippen molar-refractivity contribution in [2.45, 2.75) is 39.4 Å². The fourth-order valence-corrected chi connectivity index (χ4v) is 5.22. The van der Waals surface area contributed by atoms with Gasteiger partial charge in [-0.05, 0) is 62.0 Å². The third-order valence-electron chi connectivity index (χ3n) is 7.35. The minimum absolute atomic E-state index is 0.0642. The zero-order valence-corrected chi connectivity index (χ0v) is 21.2. The van der Waals surface area contributed by atoms with Gasteiger partial charge in [0.05, 0.1) is 7.11 Å². The van der Waals surface area contributed by atoms with Crippen LogP contribution in [0.4, 0.5) is 0 Å². The van der Waals surface area contributed by atoms with Crippen LogP contribution in [-0.4, -0.2) is 35.6 Å². The molecule has 5 heteroatoms. The maximum atomic E-state index is 12.9. The molecular formula is C31H35N3O2. The maximum Gasteiger partial charge on any atom is 0.223 e. The molecule has 1 N–H and O–H groups in total. The van der Waals surface area contributed by atoms with Crippen molar-refractivity contribution in [3.8, 4) is 5.75 Å². The first-order chi connectivity index (χ1) is 17.6. The molecule has 1 fully saturated rings. The van der Waals surface area contributed by atoms with Gasteiger partial charge in [-0.3, -0.25) is 9.69 Å². The normalized spacial score (nSPS) is 14.7. The van der Waals surface area contributed by atoms with E-state index in [1.54, 1.807) is 7.11 Å². The molecule has 3 aromatic carbocycles. The Morgan fingerprint density at radius 2 is 1.67 bits per heavy atom. The van der Waals surface area contributed by atoms with Gasteiger partial charge in [-0.1, -0.05) is 66.2 Å². The smallest absolute Gasteiger partial charge is 0.223 e. The van der Waals surface area contributed by atoms with E-state index in [1.165, 1.54) is 27.7 Å². The van der Waals surface area contributed by atoms with Crippen molar-refractivity contribution in [1.29, 1.82) is 0 Å². The summed E-state index contributed by atoms with van der Waals surface area (Å²) >= 11 is 0. The lowest BCUT2D eigenvalue weighted by Crippen LogP contribution is -2.40. The number of nitrogens with zero attached hydrogens (tertiary/aromatic N) is 2. The number of aromatic nitrogens is 1. The Bertz CT molecular complexity index is 1320. The standard InChI is InChI=1S/C31H35N3O2/c1-23-11-13-24(14-12-23)21-34-28(19-26-7-3-5-9-29(26)34)22-33-17-15-25(16-18-33)31(35)32-20-27-8-4-6-10-30(27)36-2/h3-14,19,25H,15-18,20-22H2,1-2H3,(H,32,35). The highest BCUT2D eigenvalue weighted by atomic mass is 16.5. The van der Waals surface area contributed by atoms with E-state index in [0.29, 0.717) is 6.54 Å². The topological polar surface area (TPSA) is 46.5 Å². The number of rotatable bonds is 8. The van der Waals surface area contributed by atoms with Crippen LogP contribution >= 0.6 is 0 Å². The minimum atomic E-state index is 0.0642. The number of likely N-dealkylation sites (tertiary alicyclic amines) is 1. The summed E-state index contributed by atoms with van der Waals surface area (Å²) in [7, 11) is 1.66. The quantitative estimate of drug-likeness (QED) is 0.360. The summed E-state index contributed by atoms with van der Waals surface area (Å²) in [6, 6.07) is 27.6. The SMILES string of the molecule is COc1ccccc1CNC(=O)C1CCN(Cc2cc3ccccc3n2Cc2ccc(C)cc2)CC1. The van der Waals surface area contributed by atoms with Gasteiger partial charge < -0.3 is 14.6 Å². The molecule has 1 aliphatic rings. The molecule has 1 amide bonds. The van der Waals surface area contributed by atoms with E-state index in [-0.39, 0.29) is 11.8 Å². The molecule has 2 heterocycles. The maximum absolute atomic E-state index is 12.9. The predicted molar refractivity (Wildman–Crippen MR) is 145 cm³/mol. The van der Waals surface area contributed by atoms with Gasteiger partial charge in [-0.15, -0.1) is 0 Å². The van der Waals surface area contributed by atoms with Crippen LogP contribution < -0.4 is 10.1 Å². The predicted octanol–water partition coefficient (Wildman–Crippen LogP) is 5.54. The van der Waals surface area contributed by atoms with E-state index >= 15 is 0 Å². The van der Waals surface area contributed by atoms with E-state index < -0.39 is 0 Å². The molecule has 5 nitrogen and oxygen atoms in total. The van der Waals surface area contributed by atoms with Gasteiger partial charge in [0, 0.05) is 42.3 Å². The largest absolute Gasteiger partial charge is 0.496 e. The van der Waals surface area contributed by atoms with Crippen LogP contribution in [0.1, 0.15) is 35.2 Å². The van der Waals surface area contributed by atoms with Gasteiger partial charge in [-0.2, -0.15) is 0 Å². The van der Waals surface area contributed by atoms with Crippen molar-refractivity contribution in [3.05, 3.63) is 101 Å². The molecule has 0 bridgehead atoms. The first-order valence-electron chi connectivity index (χ1n) is 12.9. The fourth-order valence-electron chi connectivity index (χ4n) is 5.22. The lowest BCUT2D eigenvalue weighted by molar-refractivity contribution is -0.126. The average Bonchev–Trinajstić information content (AvgIpc) is 3.25. The van der Waals surface area contributed by atoms with Crippen LogP contribution in [0, 0.1) is 12.8 Å². The number of hydrogen-bond donors (Lipinski definition) is 1. The van der Waals surface area contributed by atoms with E-state index in [2.05, 4.69) is 76.3 Å². The summed E-state index contributed by atoms with van der Waals surface area (Å²) in [4.78, 5) is 15.4. The van der Waals surface area contributed by atoms with Crippen molar-refractivity contribution in [1.82, 2.24) is 14.8 Å². The Balaban J connectivity index is 1.21. The lowest BCUT2D eigenvalue weighted by atomic mass is 9.95. The summed E-state index contributed by atoms with van der Waals surface area (Å²) in [5, 5.41) is 4.41. The van der Waals surface area contributed by atoms with Crippen molar-refractivity contribution in [3.63, 3.8) is 0 Å². The Morgan fingerprint density at radius 1 is 0.944 bits per heavy atom. The van der Waals surface area contributed by atoms with Gasteiger partial charge in [-0.25, -0.2) is 0 Å². The highest BCUT2D eigenvalue weighted by Crippen LogP contribution is 2.25. The summed E-state index contributed by atoms with van der Waals surface area (Å²) in [6.07, 6.45) is 1.77. The molecule has 36 heavy (non-hydrogen) atoms. The van der Waals surface area contributed by atoms with Crippen LogP contribution in [0.15, 0.2) is 78.9 Å². The summed E-state index contributed by atoms with van der Waals surface area (Å²) < 4.78 is 7.86. The second-order valence-corrected chi connectivity index (χ2v) is 9.85. The van der Waals surface area contributed by atoms with E-state index in [0.717, 1.165) is 50.3 Å². The zero-order valence-electron chi connectivity index (χ0n) is 21.2. The van der Waals surface area contributed by atoms with Gasteiger partial charge in [0.1, 0.15) is 5.75 Å². The number of carbonyl (C=O) groups is 1. The number of aryl methyl sites for hydroxylation is 1. The summed E-state index contributed by atoms with van der Waals surface area (Å²) in [5.74, 6) is 1.03. The number of methoxy groups -OCH3 is 1. The van der Waals surface area contributed by atoms with Gasteiger partial charge >= 0.3 is 0 Å². The Hall–Kier alpha value is -3.57. The van der Waals surface area contributed by atoms with Gasteiger partial charge in [0.2, 0.25) is 5.91 Å². The molecule has 0 radical (unpaired) electrons. The van der Waals surface area contributed by atoms with Crippen LogP contribution in [0.2, 0.25) is 0 Å². The Morgan fingerprint density at radius 3 is 2.44 bits per heavy atom. The van der Waals surface area contributed by atoms with Crippen LogP contribution in [0.5, 0.6) is 5.75 Å². The highest BCUT2D eigenvalue weighted by Gasteiger charge is 2.25. The Kier molecular flexibility index (Phi) is 7.38. The number of piperidine rings is 1. The molecule has 4 aromatic rings. The van der Waals surface area contributed by atoms with Crippen molar-refractivity contribution >= 4 is 16.8 Å². The number of ether oxygens (including phenoxy) is 1. The molecule has 0 saturated carbocycles. The van der Waals surface area contributed by atoms with E-state index in [1.807, 2.05) is 24.3 Å². The number of para-hydroxylation sites is 2. The molecule has 0 aliphatic carbocycles. The van der Waals surface area contributed by atoms with Crippen LogP contribution in [0.3, 0.4) is 0 Å². The van der Waals surface area contributed by atoms with Crippen molar-refractivity contribution in [2.75, 3.05) is 20.2 Å². The second kappa shape index (κ2) is 11.0. The first-order valence-corrected chi connectivity index (χ1v) is 12.9. The van der Waals surface area contributed by atoms with Crippen LogP contribution in [-0.2, 0) is 24.4 Å². The molecular weight excluding hydrogens is 446 g/mol. The fraction of sp³-hybridized carbons (Fsp3) is 0.323. The summed E-state index contributed by atoms with van der Waals surface area (Å²) in [6.45, 7) is 6.25. The highest BCUT2D eigenvalue weighted by molar-refractivity contribution is 5.81. The first kappa shape index (κ1) is 24.1. The molecule has 0 unspecified atom stereocenters. The average molecular weight is 482 g/mol. The molecule has 1 aliphatic heterocycles.